The molecule has 1 aliphatic heterocycles. The highest BCUT2D eigenvalue weighted by Gasteiger charge is 2.21. The summed E-state index contributed by atoms with van der Waals surface area (Å²) in [6.45, 7) is 4.17. The number of hydrogen-bond acceptors (Lipinski definition) is 2. The normalized spacial score (nSPS) is 19.8. The number of benzene rings is 1. The highest BCUT2D eigenvalue weighted by Crippen LogP contribution is 2.17. The van der Waals surface area contributed by atoms with Gasteiger partial charge in [-0.2, -0.15) is 0 Å². The van der Waals surface area contributed by atoms with Gasteiger partial charge in [0.2, 0.25) is 5.91 Å². The van der Waals surface area contributed by atoms with E-state index in [0.29, 0.717) is 17.4 Å². The van der Waals surface area contributed by atoms with E-state index in [1.165, 1.54) is 12.8 Å². The molecule has 0 bridgehead atoms. The van der Waals surface area contributed by atoms with Crippen molar-refractivity contribution in [3.05, 3.63) is 34.9 Å². The quantitative estimate of drug-likeness (QED) is 0.896. The van der Waals surface area contributed by atoms with Crippen LogP contribution in [0.4, 0.5) is 0 Å². The molecular formula is C15H22Cl2N2O. The van der Waals surface area contributed by atoms with E-state index < -0.39 is 0 Å². The molecule has 5 heteroatoms. The molecule has 0 aliphatic carbocycles. The molecule has 1 fully saturated rings. The van der Waals surface area contributed by atoms with Gasteiger partial charge in [0.25, 0.3) is 0 Å². The number of halogens is 2. The summed E-state index contributed by atoms with van der Waals surface area (Å²) in [7, 11) is 0. The van der Waals surface area contributed by atoms with E-state index in [1.54, 1.807) is 0 Å². The summed E-state index contributed by atoms with van der Waals surface area (Å²) in [5.74, 6) is 0.579. The van der Waals surface area contributed by atoms with Crippen molar-refractivity contribution in [2.45, 2.75) is 32.2 Å². The van der Waals surface area contributed by atoms with Crippen molar-refractivity contribution in [1.82, 2.24) is 10.6 Å². The van der Waals surface area contributed by atoms with Crippen LogP contribution in [0.3, 0.4) is 0 Å². The molecule has 0 radical (unpaired) electrons. The summed E-state index contributed by atoms with van der Waals surface area (Å²) in [5, 5.41) is 7.12. The second-order valence-corrected chi connectivity index (χ2v) is 5.64. The fraction of sp³-hybridized carbons (Fsp3) is 0.533. The summed E-state index contributed by atoms with van der Waals surface area (Å²) in [6, 6.07) is 7.71. The van der Waals surface area contributed by atoms with Crippen molar-refractivity contribution >= 4 is 29.9 Å². The molecular weight excluding hydrogens is 295 g/mol. The second kappa shape index (κ2) is 8.50. The zero-order chi connectivity index (χ0) is 13.7. The van der Waals surface area contributed by atoms with Crippen LogP contribution in [0.2, 0.25) is 5.02 Å². The molecule has 0 saturated carbocycles. The van der Waals surface area contributed by atoms with E-state index in [1.807, 2.05) is 24.3 Å². The van der Waals surface area contributed by atoms with Crippen LogP contribution in [-0.2, 0) is 11.2 Å². The molecule has 0 spiro atoms. The standard InChI is InChI=1S/C15H21ClN2O.ClH/c1-11(13-6-4-8-17-10-13)18-15(19)9-12-5-2-3-7-14(12)16;/h2-3,5,7,11,13,17H,4,6,8-10H2,1H3,(H,18,19);1H. The Labute approximate surface area is 131 Å². The van der Waals surface area contributed by atoms with Gasteiger partial charge in [-0.1, -0.05) is 29.8 Å². The van der Waals surface area contributed by atoms with Gasteiger partial charge >= 0.3 is 0 Å². The number of rotatable bonds is 4. The SMILES string of the molecule is CC(NC(=O)Cc1ccccc1Cl)C1CCCNC1.Cl. The van der Waals surface area contributed by atoms with Gasteiger partial charge in [-0.25, -0.2) is 0 Å². The predicted octanol–water partition coefficient (Wildman–Crippen LogP) is 2.81. The van der Waals surface area contributed by atoms with Crippen LogP contribution < -0.4 is 10.6 Å². The first-order valence-corrected chi connectivity index (χ1v) is 7.28. The highest BCUT2D eigenvalue weighted by molar-refractivity contribution is 6.31. The maximum absolute atomic E-state index is 12.0. The summed E-state index contributed by atoms with van der Waals surface area (Å²) in [4.78, 5) is 12.0. The minimum Gasteiger partial charge on any atom is -0.353 e. The zero-order valence-corrected chi connectivity index (χ0v) is 13.3. The lowest BCUT2D eigenvalue weighted by atomic mass is 9.92. The van der Waals surface area contributed by atoms with Crippen molar-refractivity contribution in [1.29, 1.82) is 0 Å². The first-order valence-electron chi connectivity index (χ1n) is 6.90. The average Bonchev–Trinajstić information content (AvgIpc) is 2.42. The van der Waals surface area contributed by atoms with Gasteiger partial charge in [0, 0.05) is 11.1 Å². The van der Waals surface area contributed by atoms with Crippen LogP contribution in [0.1, 0.15) is 25.3 Å². The van der Waals surface area contributed by atoms with Crippen molar-refractivity contribution in [2.75, 3.05) is 13.1 Å². The Morgan fingerprint density at radius 1 is 1.50 bits per heavy atom. The first kappa shape index (κ1) is 17.3. The number of nitrogens with one attached hydrogen (secondary N) is 2. The van der Waals surface area contributed by atoms with Crippen LogP contribution >= 0.6 is 24.0 Å². The van der Waals surface area contributed by atoms with E-state index in [4.69, 9.17) is 11.6 Å². The second-order valence-electron chi connectivity index (χ2n) is 5.23. The van der Waals surface area contributed by atoms with Crippen LogP contribution in [-0.4, -0.2) is 25.0 Å². The lowest BCUT2D eigenvalue weighted by Crippen LogP contribution is -2.45. The Balaban J connectivity index is 0.00000200. The summed E-state index contributed by atoms with van der Waals surface area (Å²) < 4.78 is 0. The van der Waals surface area contributed by atoms with Crippen LogP contribution in [0.25, 0.3) is 0 Å². The monoisotopic (exact) mass is 316 g/mol. The largest absolute Gasteiger partial charge is 0.353 e. The van der Waals surface area contributed by atoms with Crippen molar-refractivity contribution in [2.24, 2.45) is 5.92 Å². The number of carbonyl (C=O) groups is 1. The molecule has 2 N–H and O–H groups in total. The Bertz CT molecular complexity index is 434. The van der Waals surface area contributed by atoms with Gasteiger partial charge in [0.15, 0.2) is 0 Å². The summed E-state index contributed by atoms with van der Waals surface area (Å²) >= 11 is 6.06. The molecule has 20 heavy (non-hydrogen) atoms. The van der Waals surface area contributed by atoms with Crippen molar-refractivity contribution in [3.63, 3.8) is 0 Å². The minimum atomic E-state index is 0. The smallest absolute Gasteiger partial charge is 0.224 e. The molecule has 2 atom stereocenters. The molecule has 1 heterocycles. The van der Waals surface area contributed by atoms with Crippen LogP contribution in [0, 0.1) is 5.92 Å². The van der Waals surface area contributed by atoms with Gasteiger partial charge in [0.1, 0.15) is 0 Å². The van der Waals surface area contributed by atoms with Gasteiger partial charge in [-0.3, -0.25) is 4.79 Å². The number of amides is 1. The molecule has 2 rings (SSSR count). The molecule has 0 aromatic heterocycles. The third-order valence-electron chi connectivity index (χ3n) is 3.74. The molecule has 1 amide bonds. The van der Waals surface area contributed by atoms with Crippen LogP contribution in [0.15, 0.2) is 24.3 Å². The van der Waals surface area contributed by atoms with Crippen molar-refractivity contribution < 1.29 is 4.79 Å². The molecule has 112 valence electrons. The molecule has 1 aromatic carbocycles. The number of hydrogen-bond donors (Lipinski definition) is 2. The highest BCUT2D eigenvalue weighted by atomic mass is 35.5. The van der Waals surface area contributed by atoms with Crippen LogP contribution in [0.5, 0.6) is 0 Å². The first-order chi connectivity index (χ1) is 9.16. The number of carbonyl (C=O) groups excluding carboxylic acids is 1. The summed E-state index contributed by atoms with van der Waals surface area (Å²) in [6.07, 6.45) is 2.72. The van der Waals surface area contributed by atoms with E-state index in [2.05, 4.69) is 17.6 Å². The third kappa shape index (κ3) is 4.97. The predicted molar refractivity (Wildman–Crippen MR) is 85.6 cm³/mol. The third-order valence-corrected chi connectivity index (χ3v) is 4.11. The van der Waals surface area contributed by atoms with Gasteiger partial charge < -0.3 is 10.6 Å². The zero-order valence-electron chi connectivity index (χ0n) is 11.7. The van der Waals surface area contributed by atoms with Gasteiger partial charge in [-0.05, 0) is 50.4 Å². The Hall–Kier alpha value is -0.770. The van der Waals surface area contributed by atoms with Gasteiger partial charge in [-0.15, -0.1) is 12.4 Å². The van der Waals surface area contributed by atoms with E-state index >= 15 is 0 Å². The van der Waals surface area contributed by atoms with E-state index in [9.17, 15) is 4.79 Å². The fourth-order valence-electron chi connectivity index (χ4n) is 2.54. The average molecular weight is 317 g/mol. The number of piperidine rings is 1. The maximum Gasteiger partial charge on any atom is 0.224 e. The lowest BCUT2D eigenvalue weighted by Gasteiger charge is -2.29. The maximum atomic E-state index is 12.0. The van der Waals surface area contributed by atoms with Crippen molar-refractivity contribution in [3.8, 4) is 0 Å². The molecule has 1 aromatic rings. The van der Waals surface area contributed by atoms with E-state index in [-0.39, 0.29) is 24.4 Å². The lowest BCUT2D eigenvalue weighted by molar-refractivity contribution is -0.121. The molecule has 1 aliphatic rings. The summed E-state index contributed by atoms with van der Waals surface area (Å²) in [5.41, 5.74) is 0.885. The minimum absolute atomic E-state index is 0. The molecule has 1 saturated heterocycles. The van der Waals surface area contributed by atoms with E-state index in [0.717, 1.165) is 18.7 Å². The fourth-order valence-corrected chi connectivity index (χ4v) is 2.75. The Kier molecular flexibility index (Phi) is 7.35. The molecule has 2 unspecified atom stereocenters. The Morgan fingerprint density at radius 3 is 2.90 bits per heavy atom. The van der Waals surface area contributed by atoms with Gasteiger partial charge in [0.05, 0.1) is 6.42 Å². The Morgan fingerprint density at radius 2 is 2.25 bits per heavy atom. The molecule has 3 nitrogen and oxygen atoms in total. The topological polar surface area (TPSA) is 41.1 Å².